The second-order valence-corrected chi connectivity index (χ2v) is 11.6. The maximum atomic E-state index is 12.7. The van der Waals surface area contributed by atoms with Gasteiger partial charge in [-0.2, -0.15) is 4.31 Å². The van der Waals surface area contributed by atoms with Crippen molar-refractivity contribution < 1.29 is 22.7 Å². The van der Waals surface area contributed by atoms with E-state index in [0.717, 1.165) is 31.5 Å². The first-order chi connectivity index (χ1) is 17.3. The van der Waals surface area contributed by atoms with Crippen LogP contribution in [0.1, 0.15) is 18.4 Å². The van der Waals surface area contributed by atoms with Crippen molar-refractivity contribution >= 4 is 39.1 Å². The Labute approximate surface area is 222 Å². The van der Waals surface area contributed by atoms with Gasteiger partial charge in [0.25, 0.3) is 0 Å². The van der Waals surface area contributed by atoms with Crippen LogP contribution in [0.3, 0.4) is 0 Å². The zero-order valence-corrected chi connectivity index (χ0v) is 22.3. The molecule has 196 valence electrons. The zero-order chi connectivity index (χ0) is 25.5. The Kier molecular flexibility index (Phi) is 9.49. The standard InChI is InChI=1S/C25H31Cl2N3O5S/c26-23-2-1-3-24(27)22(23)18-29-11-8-19(9-12-29)25(31)28-10-15-35-20-4-6-21(7-5-20)36(32,33)30-13-16-34-17-14-30/h1-7,19H,8-18H2,(H,28,31). The number of amides is 1. The van der Waals surface area contributed by atoms with Crippen molar-refractivity contribution in [2.75, 3.05) is 52.5 Å². The Bertz CT molecular complexity index is 1110. The second kappa shape index (κ2) is 12.6. The lowest BCUT2D eigenvalue weighted by atomic mass is 9.95. The molecule has 1 N–H and O–H groups in total. The molecule has 0 spiro atoms. The van der Waals surface area contributed by atoms with E-state index in [2.05, 4.69) is 10.2 Å². The molecule has 2 aromatic rings. The van der Waals surface area contributed by atoms with E-state index in [1.165, 1.54) is 4.31 Å². The monoisotopic (exact) mass is 555 g/mol. The lowest BCUT2D eigenvalue weighted by Gasteiger charge is -2.31. The highest BCUT2D eigenvalue weighted by Crippen LogP contribution is 2.28. The fraction of sp³-hybridized carbons (Fsp3) is 0.480. The van der Waals surface area contributed by atoms with Gasteiger partial charge in [-0.15, -0.1) is 0 Å². The minimum Gasteiger partial charge on any atom is -0.492 e. The predicted molar refractivity (Wildman–Crippen MR) is 139 cm³/mol. The lowest BCUT2D eigenvalue weighted by molar-refractivity contribution is -0.126. The molecule has 0 aromatic heterocycles. The Morgan fingerprint density at radius 1 is 1.00 bits per heavy atom. The van der Waals surface area contributed by atoms with Gasteiger partial charge in [0.15, 0.2) is 0 Å². The quantitative estimate of drug-likeness (QED) is 0.477. The zero-order valence-electron chi connectivity index (χ0n) is 20.0. The van der Waals surface area contributed by atoms with E-state index in [4.69, 9.17) is 32.7 Å². The summed E-state index contributed by atoms with van der Waals surface area (Å²) in [6.07, 6.45) is 1.54. The number of nitrogens with one attached hydrogen (secondary N) is 1. The number of hydrogen-bond acceptors (Lipinski definition) is 6. The van der Waals surface area contributed by atoms with Gasteiger partial charge in [0.2, 0.25) is 15.9 Å². The summed E-state index contributed by atoms with van der Waals surface area (Å²) in [4.78, 5) is 15.1. The minimum absolute atomic E-state index is 0.0287. The van der Waals surface area contributed by atoms with Gasteiger partial charge in [-0.25, -0.2) is 8.42 Å². The van der Waals surface area contributed by atoms with Crippen LogP contribution >= 0.6 is 23.2 Å². The van der Waals surface area contributed by atoms with E-state index in [-0.39, 0.29) is 16.7 Å². The van der Waals surface area contributed by atoms with Crippen LogP contribution in [0.25, 0.3) is 0 Å². The summed E-state index contributed by atoms with van der Waals surface area (Å²) in [5.74, 6) is 0.547. The molecule has 36 heavy (non-hydrogen) atoms. The largest absolute Gasteiger partial charge is 0.492 e. The second-order valence-electron chi connectivity index (χ2n) is 8.88. The molecule has 2 heterocycles. The summed E-state index contributed by atoms with van der Waals surface area (Å²) >= 11 is 12.6. The van der Waals surface area contributed by atoms with Crippen LogP contribution in [0.5, 0.6) is 5.75 Å². The Hall–Kier alpha value is -1.88. The summed E-state index contributed by atoms with van der Waals surface area (Å²) in [5, 5.41) is 4.27. The van der Waals surface area contributed by atoms with Crippen molar-refractivity contribution in [3.05, 3.63) is 58.1 Å². The Morgan fingerprint density at radius 2 is 1.64 bits per heavy atom. The number of likely N-dealkylation sites (tertiary alicyclic amines) is 1. The van der Waals surface area contributed by atoms with Gasteiger partial charge >= 0.3 is 0 Å². The van der Waals surface area contributed by atoms with Gasteiger partial charge < -0.3 is 14.8 Å². The first-order valence-corrected chi connectivity index (χ1v) is 14.3. The summed E-state index contributed by atoms with van der Waals surface area (Å²) in [5.41, 5.74) is 0.924. The third-order valence-corrected chi connectivity index (χ3v) is 9.12. The molecule has 1 amide bonds. The molecule has 0 aliphatic carbocycles. The van der Waals surface area contributed by atoms with Crippen LogP contribution in [-0.4, -0.2) is 76.1 Å². The summed E-state index contributed by atoms with van der Waals surface area (Å²) in [7, 11) is -3.53. The molecule has 0 saturated carbocycles. The summed E-state index contributed by atoms with van der Waals surface area (Å²) in [6, 6.07) is 11.9. The van der Waals surface area contributed by atoms with Gasteiger partial charge in [-0.05, 0) is 62.3 Å². The SMILES string of the molecule is O=C(NCCOc1ccc(S(=O)(=O)N2CCOCC2)cc1)C1CCN(Cc2c(Cl)cccc2Cl)CC1. The average Bonchev–Trinajstić information content (AvgIpc) is 2.90. The topological polar surface area (TPSA) is 88.2 Å². The number of hydrogen-bond donors (Lipinski definition) is 1. The number of ether oxygens (including phenoxy) is 2. The maximum Gasteiger partial charge on any atom is 0.243 e. The van der Waals surface area contributed by atoms with Gasteiger partial charge in [-0.1, -0.05) is 29.3 Å². The fourth-order valence-electron chi connectivity index (χ4n) is 4.39. The number of carbonyl (C=O) groups excluding carboxylic acids is 1. The third-order valence-electron chi connectivity index (χ3n) is 6.50. The van der Waals surface area contributed by atoms with E-state index in [1.54, 1.807) is 24.3 Å². The van der Waals surface area contributed by atoms with Crippen LogP contribution < -0.4 is 10.1 Å². The van der Waals surface area contributed by atoms with Crippen molar-refractivity contribution in [2.45, 2.75) is 24.3 Å². The number of morpholine rings is 1. The molecule has 2 saturated heterocycles. The van der Waals surface area contributed by atoms with E-state index >= 15 is 0 Å². The molecule has 8 nitrogen and oxygen atoms in total. The molecule has 0 atom stereocenters. The minimum atomic E-state index is -3.53. The molecule has 0 unspecified atom stereocenters. The number of piperidine rings is 1. The molecule has 2 fully saturated rings. The first-order valence-electron chi connectivity index (χ1n) is 12.1. The molecule has 11 heteroatoms. The highest BCUT2D eigenvalue weighted by Gasteiger charge is 2.27. The van der Waals surface area contributed by atoms with Crippen LogP contribution in [0.2, 0.25) is 10.0 Å². The van der Waals surface area contributed by atoms with Gasteiger partial charge in [0, 0.05) is 41.2 Å². The average molecular weight is 557 g/mol. The highest BCUT2D eigenvalue weighted by molar-refractivity contribution is 7.89. The number of carbonyl (C=O) groups is 1. The van der Waals surface area contributed by atoms with Gasteiger partial charge in [0.05, 0.1) is 24.7 Å². The maximum absolute atomic E-state index is 12.7. The smallest absolute Gasteiger partial charge is 0.243 e. The molecular formula is C25H31Cl2N3O5S. The van der Waals surface area contributed by atoms with Crippen molar-refractivity contribution in [3.63, 3.8) is 0 Å². The van der Waals surface area contributed by atoms with Crippen LogP contribution in [-0.2, 0) is 26.1 Å². The third kappa shape index (κ3) is 6.90. The van der Waals surface area contributed by atoms with Gasteiger partial charge in [-0.3, -0.25) is 9.69 Å². The predicted octanol–water partition coefficient (Wildman–Crippen LogP) is 3.42. The highest BCUT2D eigenvalue weighted by atomic mass is 35.5. The van der Waals surface area contributed by atoms with Crippen molar-refractivity contribution in [1.82, 2.24) is 14.5 Å². The molecule has 0 bridgehead atoms. The molecule has 2 aliphatic rings. The van der Waals surface area contributed by atoms with Gasteiger partial charge in [0.1, 0.15) is 12.4 Å². The number of rotatable bonds is 9. The molecule has 2 aliphatic heterocycles. The van der Waals surface area contributed by atoms with E-state index in [1.807, 2.05) is 18.2 Å². The Morgan fingerprint density at radius 3 is 2.28 bits per heavy atom. The number of nitrogens with zero attached hydrogens (tertiary/aromatic N) is 2. The van der Waals surface area contributed by atoms with Crippen molar-refractivity contribution in [1.29, 1.82) is 0 Å². The summed E-state index contributed by atoms with van der Waals surface area (Å²) in [6.45, 7) is 4.47. The number of benzene rings is 2. The number of halogens is 2. The first kappa shape index (κ1) is 27.2. The van der Waals surface area contributed by atoms with E-state index < -0.39 is 10.0 Å². The van der Waals surface area contributed by atoms with Crippen LogP contribution in [0.15, 0.2) is 47.4 Å². The molecule has 2 aromatic carbocycles. The van der Waals surface area contributed by atoms with E-state index in [0.29, 0.717) is 61.8 Å². The van der Waals surface area contributed by atoms with E-state index in [9.17, 15) is 13.2 Å². The van der Waals surface area contributed by atoms with Crippen LogP contribution in [0.4, 0.5) is 0 Å². The van der Waals surface area contributed by atoms with Crippen LogP contribution in [0, 0.1) is 5.92 Å². The van der Waals surface area contributed by atoms with Crippen molar-refractivity contribution in [3.8, 4) is 5.75 Å². The van der Waals surface area contributed by atoms with Crippen molar-refractivity contribution in [2.24, 2.45) is 5.92 Å². The normalized spacial score (nSPS) is 18.2. The fourth-order valence-corrected chi connectivity index (χ4v) is 6.32. The molecule has 4 rings (SSSR count). The molecular weight excluding hydrogens is 525 g/mol. The number of sulfonamides is 1. The lowest BCUT2D eigenvalue weighted by Crippen LogP contribution is -2.41. The summed E-state index contributed by atoms with van der Waals surface area (Å²) < 4.78 is 37.7. The Balaban J connectivity index is 1.16. The molecule has 0 radical (unpaired) electrons.